The molecule has 124 valence electrons. The SMILES string of the molecule is O=C(N/N=C/c1ccccc1O)[C@H]1Cc2ccccc2[C@H]1C(Cl)Cl. The molecule has 0 aliphatic heterocycles. The largest absolute Gasteiger partial charge is 0.507 e. The fourth-order valence-electron chi connectivity index (χ4n) is 3.04. The molecular weight excluding hydrogens is 347 g/mol. The number of phenols is 1. The molecule has 3 rings (SSSR count). The van der Waals surface area contributed by atoms with Gasteiger partial charge in [-0.15, -0.1) is 23.2 Å². The number of carbonyl (C=O) groups is 1. The van der Waals surface area contributed by atoms with Crippen molar-refractivity contribution in [2.24, 2.45) is 11.0 Å². The lowest BCUT2D eigenvalue weighted by Gasteiger charge is -2.19. The molecule has 2 atom stereocenters. The molecule has 1 amide bonds. The standard InChI is InChI=1S/C18H16Cl2N2O2/c19-17(20)16-13-7-3-1-5-11(13)9-14(16)18(24)22-21-10-12-6-2-4-8-15(12)23/h1-8,10,14,16-17,23H,9H2,(H,22,24)/b21-10+/t14-,16+/m0/s1. The van der Waals surface area contributed by atoms with Crippen LogP contribution in [0, 0.1) is 5.92 Å². The van der Waals surface area contributed by atoms with E-state index in [1.807, 2.05) is 24.3 Å². The summed E-state index contributed by atoms with van der Waals surface area (Å²) in [6.07, 6.45) is 1.98. The van der Waals surface area contributed by atoms with Gasteiger partial charge in [0.2, 0.25) is 5.91 Å². The highest BCUT2D eigenvalue weighted by atomic mass is 35.5. The van der Waals surface area contributed by atoms with Crippen molar-refractivity contribution in [1.82, 2.24) is 5.43 Å². The molecule has 1 aliphatic carbocycles. The fraction of sp³-hybridized carbons (Fsp3) is 0.222. The topological polar surface area (TPSA) is 61.7 Å². The molecule has 2 aromatic carbocycles. The number of phenolic OH excluding ortho intramolecular Hbond substituents is 1. The van der Waals surface area contributed by atoms with Crippen molar-refractivity contribution in [2.45, 2.75) is 17.2 Å². The summed E-state index contributed by atoms with van der Waals surface area (Å²) in [4.78, 5) is 11.8. The van der Waals surface area contributed by atoms with Crippen LogP contribution in [0.15, 0.2) is 53.6 Å². The van der Waals surface area contributed by atoms with Gasteiger partial charge in [0.15, 0.2) is 0 Å². The van der Waals surface area contributed by atoms with Gasteiger partial charge in [0, 0.05) is 11.5 Å². The van der Waals surface area contributed by atoms with Crippen LogP contribution < -0.4 is 5.43 Å². The lowest BCUT2D eigenvalue weighted by Crippen LogP contribution is -2.31. The zero-order chi connectivity index (χ0) is 17.1. The summed E-state index contributed by atoms with van der Waals surface area (Å²) in [5.74, 6) is -0.772. The number of amides is 1. The monoisotopic (exact) mass is 362 g/mol. The molecule has 0 fully saturated rings. The van der Waals surface area contributed by atoms with Crippen LogP contribution in [-0.2, 0) is 11.2 Å². The van der Waals surface area contributed by atoms with E-state index in [0.29, 0.717) is 12.0 Å². The van der Waals surface area contributed by atoms with E-state index < -0.39 is 4.84 Å². The zero-order valence-corrected chi connectivity index (χ0v) is 14.2. The number of hydrazone groups is 1. The highest BCUT2D eigenvalue weighted by Crippen LogP contribution is 2.43. The van der Waals surface area contributed by atoms with Gasteiger partial charge in [0.25, 0.3) is 0 Å². The van der Waals surface area contributed by atoms with Crippen molar-refractivity contribution in [3.63, 3.8) is 0 Å². The molecule has 24 heavy (non-hydrogen) atoms. The van der Waals surface area contributed by atoms with Gasteiger partial charge in [-0.25, -0.2) is 5.43 Å². The van der Waals surface area contributed by atoms with Crippen molar-refractivity contribution in [3.8, 4) is 5.75 Å². The zero-order valence-electron chi connectivity index (χ0n) is 12.7. The summed E-state index contributed by atoms with van der Waals surface area (Å²) in [6.45, 7) is 0. The Morgan fingerprint density at radius 1 is 1.21 bits per heavy atom. The van der Waals surface area contributed by atoms with Gasteiger partial charge in [0.1, 0.15) is 10.6 Å². The maximum atomic E-state index is 12.5. The van der Waals surface area contributed by atoms with Crippen molar-refractivity contribution in [2.75, 3.05) is 0 Å². The summed E-state index contributed by atoms with van der Waals surface area (Å²) >= 11 is 12.2. The van der Waals surface area contributed by atoms with Gasteiger partial charge in [-0.3, -0.25) is 4.79 Å². The molecule has 0 spiro atoms. The Morgan fingerprint density at radius 2 is 1.92 bits per heavy atom. The van der Waals surface area contributed by atoms with Crippen LogP contribution in [0.3, 0.4) is 0 Å². The summed E-state index contributed by atoms with van der Waals surface area (Å²) in [7, 11) is 0. The number of nitrogens with one attached hydrogen (secondary N) is 1. The molecule has 0 saturated heterocycles. The van der Waals surface area contributed by atoms with Crippen LogP contribution in [0.4, 0.5) is 0 Å². The van der Waals surface area contributed by atoms with Gasteiger partial charge >= 0.3 is 0 Å². The molecule has 2 N–H and O–H groups in total. The fourth-order valence-corrected chi connectivity index (χ4v) is 3.66. The van der Waals surface area contributed by atoms with E-state index >= 15 is 0 Å². The third-order valence-electron chi connectivity index (χ3n) is 4.21. The van der Waals surface area contributed by atoms with Gasteiger partial charge in [-0.2, -0.15) is 5.10 Å². The average molecular weight is 363 g/mol. The normalized spacial score (nSPS) is 19.6. The first kappa shape index (κ1) is 16.8. The van der Waals surface area contributed by atoms with Crippen molar-refractivity contribution < 1.29 is 9.90 Å². The second-order valence-electron chi connectivity index (χ2n) is 5.66. The van der Waals surface area contributed by atoms with Crippen LogP contribution in [0.2, 0.25) is 0 Å². The maximum absolute atomic E-state index is 12.5. The number of carbonyl (C=O) groups excluding carboxylic acids is 1. The molecule has 6 heteroatoms. The summed E-state index contributed by atoms with van der Waals surface area (Å²) < 4.78 is 0. The lowest BCUT2D eigenvalue weighted by atomic mass is 9.93. The molecule has 1 aliphatic rings. The number of aromatic hydroxyl groups is 1. The first-order chi connectivity index (χ1) is 11.6. The number of halogens is 2. The van der Waals surface area contributed by atoms with E-state index in [1.165, 1.54) is 6.21 Å². The number of fused-ring (bicyclic) bond motifs is 1. The van der Waals surface area contributed by atoms with E-state index in [2.05, 4.69) is 10.5 Å². The molecule has 4 nitrogen and oxygen atoms in total. The summed E-state index contributed by atoms with van der Waals surface area (Å²) in [5.41, 5.74) is 5.14. The third-order valence-corrected chi connectivity index (χ3v) is 4.75. The Morgan fingerprint density at radius 3 is 2.67 bits per heavy atom. The van der Waals surface area contributed by atoms with Crippen LogP contribution in [-0.4, -0.2) is 22.1 Å². The number of alkyl halides is 2. The predicted molar refractivity (Wildman–Crippen MR) is 95.7 cm³/mol. The smallest absolute Gasteiger partial charge is 0.244 e. The Bertz CT molecular complexity index is 777. The van der Waals surface area contributed by atoms with E-state index in [4.69, 9.17) is 23.2 Å². The second-order valence-corrected chi connectivity index (χ2v) is 6.83. The minimum Gasteiger partial charge on any atom is -0.507 e. The van der Waals surface area contributed by atoms with Crippen molar-refractivity contribution >= 4 is 35.3 Å². The van der Waals surface area contributed by atoms with Gasteiger partial charge in [-0.05, 0) is 29.7 Å². The van der Waals surface area contributed by atoms with Crippen LogP contribution in [0.1, 0.15) is 22.6 Å². The summed E-state index contributed by atoms with van der Waals surface area (Å²) in [6, 6.07) is 14.5. The third kappa shape index (κ3) is 3.40. The van der Waals surface area contributed by atoms with Crippen molar-refractivity contribution in [1.29, 1.82) is 0 Å². The van der Waals surface area contributed by atoms with E-state index in [1.54, 1.807) is 24.3 Å². The second kappa shape index (κ2) is 7.24. The number of rotatable bonds is 4. The Kier molecular flexibility index (Phi) is 5.07. The highest BCUT2D eigenvalue weighted by Gasteiger charge is 2.40. The van der Waals surface area contributed by atoms with Gasteiger partial charge < -0.3 is 5.11 Å². The van der Waals surface area contributed by atoms with Crippen LogP contribution in [0.5, 0.6) is 5.75 Å². The Hall–Kier alpha value is -2.04. The molecule has 2 aromatic rings. The molecule has 0 bridgehead atoms. The van der Waals surface area contributed by atoms with E-state index in [9.17, 15) is 9.90 Å². The van der Waals surface area contributed by atoms with Crippen molar-refractivity contribution in [3.05, 3.63) is 65.2 Å². The molecule has 0 unspecified atom stereocenters. The molecular formula is C18H16Cl2N2O2. The van der Waals surface area contributed by atoms with Gasteiger partial charge in [-0.1, -0.05) is 36.4 Å². The van der Waals surface area contributed by atoms with E-state index in [0.717, 1.165) is 11.1 Å². The highest BCUT2D eigenvalue weighted by molar-refractivity contribution is 6.45. The molecule has 0 heterocycles. The number of benzene rings is 2. The number of para-hydroxylation sites is 1. The van der Waals surface area contributed by atoms with Crippen LogP contribution >= 0.6 is 23.2 Å². The molecule has 0 saturated carbocycles. The Balaban J connectivity index is 1.72. The van der Waals surface area contributed by atoms with Crippen LogP contribution in [0.25, 0.3) is 0 Å². The Labute approximate surface area is 150 Å². The average Bonchev–Trinajstić information content (AvgIpc) is 2.96. The maximum Gasteiger partial charge on any atom is 0.244 e. The minimum absolute atomic E-state index is 0.100. The number of hydrogen-bond donors (Lipinski definition) is 2. The lowest BCUT2D eigenvalue weighted by molar-refractivity contribution is -0.125. The molecule has 0 aromatic heterocycles. The molecule has 0 radical (unpaired) electrons. The predicted octanol–water partition coefficient (Wildman–Crippen LogP) is 3.60. The number of nitrogens with zero attached hydrogens (tertiary/aromatic N) is 1. The first-order valence-electron chi connectivity index (χ1n) is 7.55. The number of hydrogen-bond acceptors (Lipinski definition) is 3. The summed E-state index contributed by atoms with van der Waals surface area (Å²) in [5, 5.41) is 13.6. The van der Waals surface area contributed by atoms with E-state index in [-0.39, 0.29) is 23.5 Å². The minimum atomic E-state index is -0.674. The quantitative estimate of drug-likeness (QED) is 0.495. The first-order valence-corrected chi connectivity index (χ1v) is 8.42. The van der Waals surface area contributed by atoms with Gasteiger partial charge in [0.05, 0.1) is 12.1 Å².